The van der Waals surface area contributed by atoms with Gasteiger partial charge in [0.1, 0.15) is 13.2 Å². The van der Waals surface area contributed by atoms with Gasteiger partial charge in [-0.05, 0) is 18.2 Å². The lowest BCUT2D eigenvalue weighted by molar-refractivity contribution is 0.102. The van der Waals surface area contributed by atoms with E-state index in [9.17, 15) is 9.59 Å². The Kier molecular flexibility index (Phi) is 5.33. The standard InChI is InChI=1S/C25H20N2O4S/c1-27-20-10-6-5-9-17(20)18(13-24(27)28)25(29)26-19-14-21-22(31-12-11-30-21)15-23(19)32-16-7-3-2-4-8-16/h2-10,13-15H,11-12H2,1H3,(H,26,29). The number of para-hydroxylation sites is 1. The number of nitrogens with one attached hydrogen (secondary N) is 1. The molecule has 0 fully saturated rings. The smallest absolute Gasteiger partial charge is 0.256 e. The summed E-state index contributed by atoms with van der Waals surface area (Å²) in [6, 6.07) is 22.3. The molecule has 3 aromatic carbocycles. The van der Waals surface area contributed by atoms with Crippen LogP contribution in [-0.2, 0) is 7.05 Å². The summed E-state index contributed by atoms with van der Waals surface area (Å²) in [6.45, 7) is 0.929. The molecule has 4 aromatic rings. The number of anilines is 1. The predicted octanol–water partition coefficient (Wildman–Crippen LogP) is 4.71. The van der Waals surface area contributed by atoms with Gasteiger partial charge in [-0.2, -0.15) is 0 Å². The SMILES string of the molecule is Cn1c(=O)cc(C(=O)Nc2cc3c(cc2Sc2ccccc2)OCCO3)c2ccccc21. The average Bonchev–Trinajstić information content (AvgIpc) is 2.82. The van der Waals surface area contributed by atoms with Crippen LogP contribution in [0.4, 0.5) is 5.69 Å². The Morgan fingerprint density at radius 3 is 2.41 bits per heavy atom. The molecular weight excluding hydrogens is 424 g/mol. The van der Waals surface area contributed by atoms with Crippen LogP contribution in [-0.4, -0.2) is 23.7 Å². The molecule has 32 heavy (non-hydrogen) atoms. The van der Waals surface area contributed by atoms with E-state index in [0.717, 1.165) is 9.79 Å². The van der Waals surface area contributed by atoms with E-state index >= 15 is 0 Å². The minimum Gasteiger partial charge on any atom is -0.486 e. The van der Waals surface area contributed by atoms with E-state index in [-0.39, 0.29) is 11.5 Å². The number of rotatable bonds is 4. The molecule has 0 saturated carbocycles. The quantitative estimate of drug-likeness (QED) is 0.494. The van der Waals surface area contributed by atoms with Crippen molar-refractivity contribution in [3.05, 3.63) is 88.7 Å². The van der Waals surface area contributed by atoms with Crippen LogP contribution >= 0.6 is 11.8 Å². The van der Waals surface area contributed by atoms with E-state index < -0.39 is 0 Å². The maximum Gasteiger partial charge on any atom is 0.256 e. The van der Waals surface area contributed by atoms with Gasteiger partial charge in [0.05, 0.1) is 16.8 Å². The summed E-state index contributed by atoms with van der Waals surface area (Å²) in [5.41, 5.74) is 1.38. The van der Waals surface area contributed by atoms with Crippen molar-refractivity contribution < 1.29 is 14.3 Å². The van der Waals surface area contributed by atoms with Gasteiger partial charge in [0.15, 0.2) is 11.5 Å². The number of carbonyl (C=O) groups is 1. The molecule has 1 aliphatic heterocycles. The number of amides is 1. The largest absolute Gasteiger partial charge is 0.486 e. The Morgan fingerprint density at radius 1 is 0.938 bits per heavy atom. The number of ether oxygens (including phenoxy) is 2. The summed E-state index contributed by atoms with van der Waals surface area (Å²) in [6.07, 6.45) is 0. The zero-order valence-corrected chi connectivity index (χ0v) is 18.1. The van der Waals surface area contributed by atoms with Crippen LogP contribution in [0.2, 0.25) is 0 Å². The number of nitrogens with zero attached hydrogens (tertiary/aromatic N) is 1. The highest BCUT2D eigenvalue weighted by molar-refractivity contribution is 7.99. The number of carbonyl (C=O) groups excluding carboxylic acids is 1. The first-order valence-corrected chi connectivity index (χ1v) is 11.0. The molecule has 160 valence electrons. The highest BCUT2D eigenvalue weighted by atomic mass is 32.2. The van der Waals surface area contributed by atoms with E-state index in [1.54, 1.807) is 13.1 Å². The molecule has 5 rings (SSSR count). The topological polar surface area (TPSA) is 69.6 Å². The predicted molar refractivity (Wildman–Crippen MR) is 125 cm³/mol. The molecule has 1 aliphatic rings. The molecule has 0 unspecified atom stereocenters. The lowest BCUT2D eigenvalue weighted by Gasteiger charge is -2.21. The van der Waals surface area contributed by atoms with Gasteiger partial charge < -0.3 is 19.4 Å². The molecule has 6 nitrogen and oxygen atoms in total. The van der Waals surface area contributed by atoms with E-state index in [1.807, 2.05) is 60.7 Å². The summed E-state index contributed by atoms with van der Waals surface area (Å²) < 4.78 is 13.0. The number of pyridine rings is 1. The summed E-state index contributed by atoms with van der Waals surface area (Å²) >= 11 is 1.52. The second-order valence-corrected chi connectivity index (χ2v) is 8.45. The summed E-state index contributed by atoms with van der Waals surface area (Å²) in [5, 5.41) is 3.70. The van der Waals surface area contributed by atoms with Gasteiger partial charge >= 0.3 is 0 Å². The second-order valence-electron chi connectivity index (χ2n) is 7.33. The third-order valence-electron chi connectivity index (χ3n) is 5.26. The molecule has 1 N–H and O–H groups in total. The Morgan fingerprint density at radius 2 is 1.62 bits per heavy atom. The van der Waals surface area contributed by atoms with Crippen molar-refractivity contribution in [3.63, 3.8) is 0 Å². The molecule has 0 saturated heterocycles. The summed E-state index contributed by atoms with van der Waals surface area (Å²) in [5.74, 6) is 0.870. The van der Waals surface area contributed by atoms with Gasteiger partial charge in [-0.25, -0.2) is 0 Å². The molecule has 1 amide bonds. The third kappa shape index (κ3) is 3.83. The van der Waals surface area contributed by atoms with Crippen LogP contribution in [0.15, 0.2) is 87.4 Å². The van der Waals surface area contributed by atoms with Crippen molar-refractivity contribution in [1.29, 1.82) is 0 Å². The van der Waals surface area contributed by atoms with Crippen molar-refractivity contribution in [3.8, 4) is 11.5 Å². The average molecular weight is 445 g/mol. The zero-order chi connectivity index (χ0) is 22.1. The van der Waals surface area contributed by atoms with Gasteiger partial charge in [-0.1, -0.05) is 48.2 Å². The van der Waals surface area contributed by atoms with Crippen LogP contribution in [0.3, 0.4) is 0 Å². The number of hydrogen-bond acceptors (Lipinski definition) is 5. The van der Waals surface area contributed by atoms with E-state index in [1.165, 1.54) is 22.4 Å². The van der Waals surface area contributed by atoms with Crippen LogP contribution < -0.4 is 20.3 Å². The zero-order valence-electron chi connectivity index (χ0n) is 17.3. The highest BCUT2D eigenvalue weighted by Crippen LogP contribution is 2.42. The normalized spacial score (nSPS) is 12.5. The fourth-order valence-corrected chi connectivity index (χ4v) is 4.59. The van der Waals surface area contributed by atoms with Crippen LogP contribution in [0.25, 0.3) is 10.9 Å². The van der Waals surface area contributed by atoms with Crippen LogP contribution in [0.5, 0.6) is 11.5 Å². The van der Waals surface area contributed by atoms with Gasteiger partial charge in [-0.15, -0.1) is 0 Å². The lowest BCUT2D eigenvalue weighted by atomic mass is 10.1. The molecule has 1 aromatic heterocycles. The maximum atomic E-state index is 13.3. The summed E-state index contributed by atoms with van der Waals surface area (Å²) in [7, 11) is 1.70. The van der Waals surface area contributed by atoms with Gasteiger partial charge in [0.2, 0.25) is 0 Å². The van der Waals surface area contributed by atoms with Gasteiger partial charge in [0.25, 0.3) is 11.5 Å². The second kappa shape index (κ2) is 8.43. The molecular formula is C25H20N2O4S. The number of benzene rings is 3. The molecule has 2 heterocycles. The fourth-order valence-electron chi connectivity index (χ4n) is 3.66. The van der Waals surface area contributed by atoms with Crippen molar-refractivity contribution in [1.82, 2.24) is 4.57 Å². The maximum absolute atomic E-state index is 13.3. The van der Waals surface area contributed by atoms with Gasteiger partial charge in [0, 0.05) is 40.4 Å². The number of hydrogen-bond donors (Lipinski definition) is 1. The first kappa shape index (κ1) is 20.2. The van der Waals surface area contributed by atoms with Crippen molar-refractivity contribution in [2.75, 3.05) is 18.5 Å². The van der Waals surface area contributed by atoms with Gasteiger partial charge in [-0.3, -0.25) is 9.59 Å². The molecule has 7 heteroatoms. The highest BCUT2D eigenvalue weighted by Gasteiger charge is 2.20. The lowest BCUT2D eigenvalue weighted by Crippen LogP contribution is -2.22. The first-order chi connectivity index (χ1) is 15.6. The minimum atomic E-state index is -0.356. The molecule has 0 radical (unpaired) electrons. The van der Waals surface area contributed by atoms with Crippen LogP contribution in [0, 0.1) is 0 Å². The fraction of sp³-hybridized carbons (Fsp3) is 0.120. The minimum absolute atomic E-state index is 0.241. The summed E-state index contributed by atoms with van der Waals surface area (Å²) in [4.78, 5) is 27.6. The number of aryl methyl sites for hydroxylation is 1. The van der Waals surface area contributed by atoms with E-state index in [2.05, 4.69) is 5.32 Å². The monoisotopic (exact) mass is 444 g/mol. The number of fused-ring (bicyclic) bond motifs is 2. The van der Waals surface area contributed by atoms with Crippen LogP contribution in [0.1, 0.15) is 10.4 Å². The molecule has 0 spiro atoms. The van der Waals surface area contributed by atoms with Crippen molar-refractivity contribution >= 4 is 34.3 Å². The Bertz CT molecular complexity index is 1380. The Balaban J connectivity index is 1.56. The Labute approximate surface area is 188 Å². The molecule has 0 atom stereocenters. The first-order valence-electron chi connectivity index (χ1n) is 10.2. The third-order valence-corrected chi connectivity index (χ3v) is 6.33. The molecule has 0 bridgehead atoms. The Hall–Kier alpha value is -3.71. The number of aromatic nitrogens is 1. The van der Waals surface area contributed by atoms with Crippen molar-refractivity contribution in [2.45, 2.75) is 9.79 Å². The van der Waals surface area contributed by atoms with Crippen molar-refractivity contribution in [2.24, 2.45) is 7.05 Å². The van der Waals surface area contributed by atoms with E-state index in [4.69, 9.17) is 9.47 Å². The van der Waals surface area contributed by atoms with E-state index in [0.29, 0.717) is 46.9 Å². The molecule has 0 aliphatic carbocycles.